The van der Waals surface area contributed by atoms with Crippen molar-refractivity contribution in [3.63, 3.8) is 0 Å². The highest BCUT2D eigenvalue weighted by Gasteiger charge is 2.22. The fourth-order valence-electron chi connectivity index (χ4n) is 2.48. The first kappa shape index (κ1) is 13.9. The van der Waals surface area contributed by atoms with Gasteiger partial charge in [-0.25, -0.2) is 0 Å². The molecule has 1 aliphatic rings. The number of nitrogens with one attached hydrogen (secondary N) is 1. The first-order chi connectivity index (χ1) is 9.13. The topological polar surface area (TPSA) is 48.3 Å². The molecule has 0 saturated carbocycles. The van der Waals surface area contributed by atoms with Crippen molar-refractivity contribution in [3.05, 3.63) is 29.3 Å². The Morgan fingerprint density at radius 1 is 1.47 bits per heavy atom. The van der Waals surface area contributed by atoms with E-state index in [1.54, 1.807) is 7.11 Å². The summed E-state index contributed by atoms with van der Waals surface area (Å²) < 4.78 is 5.26. The number of methoxy groups -OCH3 is 1. The van der Waals surface area contributed by atoms with Crippen LogP contribution < -0.4 is 10.1 Å². The van der Waals surface area contributed by atoms with Crippen molar-refractivity contribution in [2.24, 2.45) is 0 Å². The second-order valence-electron chi connectivity index (χ2n) is 5.23. The van der Waals surface area contributed by atoms with Crippen molar-refractivity contribution in [1.82, 2.24) is 10.2 Å². The van der Waals surface area contributed by atoms with Crippen LogP contribution in [0.15, 0.2) is 18.2 Å². The van der Waals surface area contributed by atoms with Crippen LogP contribution in [0.1, 0.15) is 25.0 Å². The molecule has 4 nitrogen and oxygen atoms in total. The van der Waals surface area contributed by atoms with Gasteiger partial charge in [0.05, 0.1) is 12.7 Å². The van der Waals surface area contributed by atoms with Gasteiger partial charge in [0.15, 0.2) is 0 Å². The number of piperazine rings is 1. The average Bonchev–Trinajstić information content (AvgIpc) is 2.42. The van der Waals surface area contributed by atoms with Crippen LogP contribution in [0.2, 0.25) is 0 Å². The Labute approximate surface area is 115 Å². The van der Waals surface area contributed by atoms with Gasteiger partial charge in [0.1, 0.15) is 11.8 Å². The van der Waals surface area contributed by atoms with Gasteiger partial charge >= 0.3 is 0 Å². The van der Waals surface area contributed by atoms with E-state index in [0.717, 1.165) is 19.6 Å². The summed E-state index contributed by atoms with van der Waals surface area (Å²) >= 11 is 0. The Kier molecular flexibility index (Phi) is 4.41. The van der Waals surface area contributed by atoms with Crippen LogP contribution in [-0.4, -0.2) is 37.2 Å². The Morgan fingerprint density at radius 3 is 2.95 bits per heavy atom. The highest BCUT2D eigenvalue weighted by Crippen LogP contribution is 2.21. The number of rotatable bonds is 3. The number of hydrogen-bond acceptors (Lipinski definition) is 4. The summed E-state index contributed by atoms with van der Waals surface area (Å²) in [5.41, 5.74) is 1.78. The summed E-state index contributed by atoms with van der Waals surface area (Å²) in [7, 11) is 1.61. The molecular formula is C15H21N3O. The van der Waals surface area contributed by atoms with Crippen LogP contribution in [0.5, 0.6) is 5.75 Å². The van der Waals surface area contributed by atoms with Gasteiger partial charge < -0.3 is 10.1 Å². The molecule has 0 bridgehead atoms. The zero-order valence-corrected chi connectivity index (χ0v) is 11.8. The molecule has 1 N–H and O–H groups in total. The van der Waals surface area contributed by atoms with Gasteiger partial charge in [-0.3, -0.25) is 4.90 Å². The van der Waals surface area contributed by atoms with Crippen molar-refractivity contribution in [3.8, 4) is 11.8 Å². The molecule has 0 aromatic heterocycles. The summed E-state index contributed by atoms with van der Waals surface area (Å²) in [6, 6.07) is 9.02. The highest BCUT2D eigenvalue weighted by atomic mass is 16.5. The molecule has 4 heteroatoms. The minimum Gasteiger partial charge on any atom is -0.495 e. The molecule has 1 fully saturated rings. The predicted molar refractivity (Wildman–Crippen MR) is 75.0 cm³/mol. The first-order valence-corrected chi connectivity index (χ1v) is 6.68. The smallest absolute Gasteiger partial charge is 0.136 e. The fraction of sp³-hybridized carbons (Fsp3) is 0.533. The van der Waals surface area contributed by atoms with Gasteiger partial charge in [0, 0.05) is 31.7 Å². The van der Waals surface area contributed by atoms with Gasteiger partial charge in [-0.1, -0.05) is 6.07 Å². The molecule has 0 radical (unpaired) electrons. The molecule has 1 aromatic rings. The van der Waals surface area contributed by atoms with Gasteiger partial charge in [-0.15, -0.1) is 0 Å². The molecule has 1 aromatic carbocycles. The van der Waals surface area contributed by atoms with E-state index in [4.69, 9.17) is 10.00 Å². The molecule has 2 unspecified atom stereocenters. The molecule has 2 rings (SSSR count). The van der Waals surface area contributed by atoms with E-state index in [2.05, 4.69) is 30.1 Å². The zero-order chi connectivity index (χ0) is 13.8. The molecule has 1 saturated heterocycles. The Bertz CT molecular complexity index is 481. The number of ether oxygens (including phenoxy) is 1. The third kappa shape index (κ3) is 3.25. The molecule has 19 heavy (non-hydrogen) atoms. The maximum absolute atomic E-state index is 8.99. The van der Waals surface area contributed by atoms with Gasteiger partial charge in [0.2, 0.25) is 0 Å². The monoisotopic (exact) mass is 259 g/mol. The largest absolute Gasteiger partial charge is 0.495 e. The summed E-state index contributed by atoms with van der Waals surface area (Å²) in [5.74, 6) is 0.663. The van der Waals surface area contributed by atoms with Gasteiger partial charge in [-0.05, 0) is 31.5 Å². The maximum atomic E-state index is 8.99. The van der Waals surface area contributed by atoms with E-state index < -0.39 is 0 Å². The van der Waals surface area contributed by atoms with Crippen LogP contribution in [0.3, 0.4) is 0 Å². The summed E-state index contributed by atoms with van der Waals surface area (Å²) in [6.45, 7) is 7.41. The third-order valence-corrected chi connectivity index (χ3v) is 3.67. The van der Waals surface area contributed by atoms with Gasteiger partial charge in [0.25, 0.3) is 0 Å². The van der Waals surface area contributed by atoms with Crippen molar-refractivity contribution in [2.75, 3.05) is 20.2 Å². The predicted octanol–water partition coefficient (Wildman–Crippen LogP) is 1.75. The van der Waals surface area contributed by atoms with Crippen LogP contribution in [-0.2, 0) is 6.54 Å². The zero-order valence-electron chi connectivity index (χ0n) is 11.8. The highest BCUT2D eigenvalue weighted by molar-refractivity contribution is 5.45. The standard InChI is InChI=1S/C15H21N3O/c1-11-9-18(12(2)8-17-11)10-13-4-5-14(7-16)15(6-13)19-3/h4-6,11-12,17H,8-10H2,1-3H3. The lowest BCUT2D eigenvalue weighted by Crippen LogP contribution is -2.53. The van der Waals surface area contributed by atoms with Crippen LogP contribution in [0.25, 0.3) is 0 Å². The second kappa shape index (κ2) is 6.05. The van der Waals surface area contributed by atoms with Crippen molar-refractivity contribution in [2.45, 2.75) is 32.5 Å². The SMILES string of the molecule is COc1cc(CN2CC(C)NCC2C)ccc1C#N. The number of nitriles is 1. The van der Waals surface area contributed by atoms with E-state index in [9.17, 15) is 0 Å². The Balaban J connectivity index is 2.12. The number of nitrogens with zero attached hydrogens (tertiary/aromatic N) is 2. The first-order valence-electron chi connectivity index (χ1n) is 6.68. The van der Waals surface area contributed by atoms with Crippen molar-refractivity contribution >= 4 is 0 Å². The molecule has 0 spiro atoms. The van der Waals surface area contributed by atoms with E-state index >= 15 is 0 Å². The van der Waals surface area contributed by atoms with E-state index in [-0.39, 0.29) is 0 Å². The lowest BCUT2D eigenvalue weighted by Gasteiger charge is -2.37. The third-order valence-electron chi connectivity index (χ3n) is 3.67. The van der Waals surface area contributed by atoms with Crippen molar-refractivity contribution < 1.29 is 4.74 Å². The quantitative estimate of drug-likeness (QED) is 0.898. The average molecular weight is 259 g/mol. The molecule has 1 aliphatic heterocycles. The van der Waals surface area contributed by atoms with Crippen molar-refractivity contribution in [1.29, 1.82) is 5.26 Å². The fourth-order valence-corrected chi connectivity index (χ4v) is 2.48. The van der Waals surface area contributed by atoms with E-state index in [1.165, 1.54) is 5.56 Å². The molecular weight excluding hydrogens is 238 g/mol. The van der Waals surface area contributed by atoms with Crippen LogP contribution >= 0.6 is 0 Å². The lowest BCUT2D eigenvalue weighted by atomic mass is 10.1. The van der Waals surface area contributed by atoms with E-state index in [1.807, 2.05) is 18.2 Å². The lowest BCUT2D eigenvalue weighted by molar-refractivity contribution is 0.139. The van der Waals surface area contributed by atoms with Gasteiger partial charge in [-0.2, -0.15) is 5.26 Å². The number of hydrogen-bond donors (Lipinski definition) is 1. The van der Waals surface area contributed by atoms with Crippen LogP contribution in [0, 0.1) is 11.3 Å². The summed E-state index contributed by atoms with van der Waals surface area (Å²) in [5, 5.41) is 12.5. The molecule has 0 aliphatic carbocycles. The summed E-state index contributed by atoms with van der Waals surface area (Å²) in [6.07, 6.45) is 0. The van der Waals surface area contributed by atoms with E-state index in [0.29, 0.717) is 23.4 Å². The summed E-state index contributed by atoms with van der Waals surface area (Å²) in [4.78, 5) is 2.46. The Morgan fingerprint density at radius 2 is 2.26 bits per heavy atom. The second-order valence-corrected chi connectivity index (χ2v) is 5.23. The number of benzene rings is 1. The minimum absolute atomic E-state index is 0.525. The normalized spacial score (nSPS) is 23.9. The molecule has 102 valence electrons. The van der Waals surface area contributed by atoms with Crippen LogP contribution in [0.4, 0.5) is 0 Å². The minimum atomic E-state index is 0.525. The Hall–Kier alpha value is -1.57. The maximum Gasteiger partial charge on any atom is 0.136 e. The molecule has 2 atom stereocenters. The molecule has 1 heterocycles. The molecule has 0 amide bonds.